The van der Waals surface area contributed by atoms with Crippen LogP contribution < -0.4 is 0 Å². The second-order valence-corrected chi connectivity index (χ2v) is 4.09. The highest BCUT2D eigenvalue weighted by Gasteiger charge is 2.50. The fourth-order valence-electron chi connectivity index (χ4n) is 2.50. The van der Waals surface area contributed by atoms with E-state index in [1.165, 1.54) is 25.7 Å². The number of fused-ring (bicyclic) bond motifs is 1. The van der Waals surface area contributed by atoms with E-state index in [2.05, 4.69) is 12.2 Å². The Kier molecular flexibility index (Phi) is 2.03. The Balaban J connectivity index is 2.03. The van der Waals surface area contributed by atoms with E-state index in [0.29, 0.717) is 23.5 Å². The maximum absolute atomic E-state index is 11.2. The van der Waals surface area contributed by atoms with Crippen LogP contribution in [-0.2, 0) is 4.79 Å². The van der Waals surface area contributed by atoms with Crippen LogP contribution in [0, 0.1) is 17.8 Å². The average molecular weight is 164 g/mol. The Morgan fingerprint density at radius 3 is 3.00 bits per heavy atom. The monoisotopic (exact) mass is 164 g/mol. The van der Waals surface area contributed by atoms with Gasteiger partial charge in [-0.3, -0.25) is 4.79 Å². The third-order valence-electron chi connectivity index (χ3n) is 3.22. The van der Waals surface area contributed by atoms with Crippen molar-refractivity contribution in [2.75, 3.05) is 0 Å². The molecule has 0 aromatic rings. The van der Waals surface area contributed by atoms with Crippen LogP contribution in [0.3, 0.4) is 0 Å². The highest BCUT2D eigenvalue weighted by Crippen LogP contribution is 2.51. The van der Waals surface area contributed by atoms with Crippen molar-refractivity contribution in [1.29, 1.82) is 0 Å². The van der Waals surface area contributed by atoms with Gasteiger partial charge in [0.05, 0.1) is 0 Å². The molecule has 1 nitrogen and oxygen atoms in total. The molecule has 1 saturated carbocycles. The maximum atomic E-state index is 11.2. The predicted molar refractivity (Wildman–Crippen MR) is 48.8 cm³/mol. The van der Waals surface area contributed by atoms with Crippen molar-refractivity contribution in [2.45, 2.75) is 32.6 Å². The van der Waals surface area contributed by atoms with Crippen LogP contribution in [-0.4, -0.2) is 5.78 Å². The normalized spacial score (nSPS) is 42.2. The molecule has 0 bridgehead atoms. The summed E-state index contributed by atoms with van der Waals surface area (Å²) in [6, 6.07) is 0. The Hall–Kier alpha value is -0.590. The molecule has 2 aliphatic carbocycles. The van der Waals surface area contributed by atoms with Gasteiger partial charge in [0.2, 0.25) is 0 Å². The smallest absolute Gasteiger partial charge is 0.133 e. The standard InChI is InChI=1S/C11H16O/c1-8(12)11-9-6-4-2-3-5-7-10(9)11/h4,6,9-11H,2-3,5,7H2,1H3/b6-4-. The van der Waals surface area contributed by atoms with Gasteiger partial charge in [-0.15, -0.1) is 0 Å². The van der Waals surface area contributed by atoms with E-state index in [4.69, 9.17) is 0 Å². The zero-order chi connectivity index (χ0) is 8.55. The summed E-state index contributed by atoms with van der Waals surface area (Å²) in [6.07, 6.45) is 9.66. The van der Waals surface area contributed by atoms with Crippen molar-refractivity contribution in [3.63, 3.8) is 0 Å². The molecule has 0 aromatic carbocycles. The zero-order valence-electron chi connectivity index (χ0n) is 7.62. The molecule has 1 fully saturated rings. The third-order valence-corrected chi connectivity index (χ3v) is 3.22. The van der Waals surface area contributed by atoms with E-state index in [-0.39, 0.29) is 0 Å². The number of allylic oxidation sites excluding steroid dienone is 2. The van der Waals surface area contributed by atoms with Crippen LogP contribution in [0.1, 0.15) is 32.6 Å². The Bertz CT molecular complexity index is 217. The molecule has 2 aliphatic rings. The van der Waals surface area contributed by atoms with Gasteiger partial charge in [0.15, 0.2) is 0 Å². The largest absolute Gasteiger partial charge is 0.300 e. The molecule has 0 spiro atoms. The van der Waals surface area contributed by atoms with Crippen molar-refractivity contribution in [2.24, 2.45) is 17.8 Å². The number of Topliss-reactive ketones (excluding diaryl/α,β-unsaturated/α-hetero) is 1. The van der Waals surface area contributed by atoms with Crippen molar-refractivity contribution in [3.05, 3.63) is 12.2 Å². The second kappa shape index (κ2) is 3.04. The van der Waals surface area contributed by atoms with Crippen LogP contribution in [0.15, 0.2) is 12.2 Å². The molecule has 0 aliphatic heterocycles. The third kappa shape index (κ3) is 1.33. The lowest BCUT2D eigenvalue weighted by molar-refractivity contribution is -0.118. The number of hydrogen-bond donors (Lipinski definition) is 0. The van der Waals surface area contributed by atoms with E-state index in [9.17, 15) is 4.79 Å². The Labute approximate surface area is 73.8 Å². The lowest BCUT2D eigenvalue weighted by Crippen LogP contribution is -1.95. The summed E-state index contributed by atoms with van der Waals surface area (Å²) in [4.78, 5) is 11.2. The number of hydrogen-bond acceptors (Lipinski definition) is 1. The van der Waals surface area contributed by atoms with Crippen molar-refractivity contribution in [3.8, 4) is 0 Å². The fraction of sp³-hybridized carbons (Fsp3) is 0.727. The molecule has 0 N–H and O–H groups in total. The molecular weight excluding hydrogens is 148 g/mol. The van der Waals surface area contributed by atoms with Crippen molar-refractivity contribution >= 4 is 5.78 Å². The van der Waals surface area contributed by atoms with E-state index in [1.807, 2.05) is 0 Å². The maximum Gasteiger partial charge on any atom is 0.133 e. The van der Waals surface area contributed by atoms with Crippen LogP contribution >= 0.6 is 0 Å². The first-order valence-electron chi connectivity index (χ1n) is 4.98. The van der Waals surface area contributed by atoms with E-state index < -0.39 is 0 Å². The van der Waals surface area contributed by atoms with Gasteiger partial charge < -0.3 is 0 Å². The summed E-state index contributed by atoms with van der Waals surface area (Å²) in [5, 5.41) is 0. The quantitative estimate of drug-likeness (QED) is 0.544. The summed E-state index contributed by atoms with van der Waals surface area (Å²) in [6.45, 7) is 1.74. The van der Waals surface area contributed by atoms with Crippen LogP contribution in [0.4, 0.5) is 0 Å². The highest BCUT2D eigenvalue weighted by molar-refractivity contribution is 5.82. The first-order valence-corrected chi connectivity index (χ1v) is 4.98. The molecule has 0 heterocycles. The molecular formula is C11H16O. The molecule has 66 valence electrons. The van der Waals surface area contributed by atoms with E-state index in [1.54, 1.807) is 6.92 Å². The molecule has 3 unspecified atom stereocenters. The summed E-state index contributed by atoms with van der Waals surface area (Å²) in [5.41, 5.74) is 0. The minimum Gasteiger partial charge on any atom is -0.300 e. The van der Waals surface area contributed by atoms with Gasteiger partial charge in [0.1, 0.15) is 5.78 Å². The summed E-state index contributed by atoms with van der Waals surface area (Å²) >= 11 is 0. The van der Waals surface area contributed by atoms with Crippen molar-refractivity contribution < 1.29 is 4.79 Å². The molecule has 0 amide bonds. The lowest BCUT2D eigenvalue weighted by Gasteiger charge is -1.99. The van der Waals surface area contributed by atoms with Crippen LogP contribution in [0.2, 0.25) is 0 Å². The van der Waals surface area contributed by atoms with Gasteiger partial charge in [0.25, 0.3) is 0 Å². The summed E-state index contributed by atoms with van der Waals surface area (Å²) < 4.78 is 0. The molecule has 0 saturated heterocycles. The number of ketones is 1. The van der Waals surface area contributed by atoms with E-state index in [0.717, 1.165) is 0 Å². The topological polar surface area (TPSA) is 17.1 Å². The zero-order valence-corrected chi connectivity index (χ0v) is 7.62. The first kappa shape index (κ1) is 8.03. The van der Waals surface area contributed by atoms with Crippen LogP contribution in [0.5, 0.6) is 0 Å². The van der Waals surface area contributed by atoms with Crippen molar-refractivity contribution in [1.82, 2.24) is 0 Å². The number of carbonyl (C=O) groups excluding carboxylic acids is 1. The van der Waals surface area contributed by atoms with Gasteiger partial charge in [-0.25, -0.2) is 0 Å². The highest BCUT2D eigenvalue weighted by atomic mass is 16.1. The van der Waals surface area contributed by atoms with E-state index >= 15 is 0 Å². The fourth-order valence-corrected chi connectivity index (χ4v) is 2.50. The Morgan fingerprint density at radius 1 is 1.42 bits per heavy atom. The lowest BCUT2D eigenvalue weighted by atomic mass is 10.1. The molecule has 3 atom stereocenters. The van der Waals surface area contributed by atoms with Gasteiger partial charge in [0, 0.05) is 5.92 Å². The van der Waals surface area contributed by atoms with Crippen LogP contribution in [0.25, 0.3) is 0 Å². The SMILES string of the molecule is CC(=O)C1C2/C=C\CCCCC21. The summed E-state index contributed by atoms with van der Waals surface area (Å²) in [5.74, 6) is 2.11. The minimum absolute atomic E-state index is 0.388. The molecule has 1 heteroatoms. The van der Waals surface area contributed by atoms with Gasteiger partial charge in [-0.2, -0.15) is 0 Å². The van der Waals surface area contributed by atoms with Gasteiger partial charge >= 0.3 is 0 Å². The summed E-state index contributed by atoms with van der Waals surface area (Å²) in [7, 11) is 0. The second-order valence-electron chi connectivity index (χ2n) is 4.09. The molecule has 0 aromatic heterocycles. The number of rotatable bonds is 1. The first-order chi connectivity index (χ1) is 5.80. The van der Waals surface area contributed by atoms with Gasteiger partial charge in [-0.1, -0.05) is 18.6 Å². The number of carbonyl (C=O) groups is 1. The average Bonchev–Trinajstić information content (AvgIpc) is 2.60. The predicted octanol–water partition coefficient (Wildman–Crippen LogP) is 2.57. The molecule has 2 rings (SSSR count). The minimum atomic E-state index is 0.388. The Morgan fingerprint density at radius 2 is 2.25 bits per heavy atom. The van der Waals surface area contributed by atoms with Gasteiger partial charge in [-0.05, 0) is 38.0 Å². The molecule has 12 heavy (non-hydrogen) atoms. The molecule has 0 radical (unpaired) electrons.